The average Bonchev–Trinajstić information content (AvgIpc) is 2.45. The van der Waals surface area contributed by atoms with Crippen LogP contribution in [0.25, 0.3) is 0 Å². The van der Waals surface area contributed by atoms with E-state index in [2.05, 4.69) is 56.9 Å². The highest BCUT2D eigenvalue weighted by molar-refractivity contribution is 9.10. The zero-order valence-electron chi connectivity index (χ0n) is 13.3. The number of anilines is 1. The lowest BCUT2D eigenvalue weighted by atomic mass is 9.95. The lowest BCUT2D eigenvalue weighted by Gasteiger charge is -2.33. The van der Waals surface area contributed by atoms with Crippen LogP contribution in [-0.2, 0) is 0 Å². The Morgan fingerprint density at radius 3 is 2.62 bits per heavy atom. The molecule has 2 heterocycles. The molecule has 0 radical (unpaired) electrons. The molecule has 118 valence electrons. The number of aromatic nitrogens is 2. The number of piperidine rings is 1. The largest absolute Gasteiger partial charge is 0.480 e. The van der Waals surface area contributed by atoms with Gasteiger partial charge >= 0.3 is 0 Å². The van der Waals surface area contributed by atoms with Crippen molar-refractivity contribution < 1.29 is 4.74 Å². The predicted octanol–water partition coefficient (Wildman–Crippen LogP) is 2.85. The van der Waals surface area contributed by atoms with Gasteiger partial charge in [-0.25, -0.2) is 4.98 Å². The lowest BCUT2D eigenvalue weighted by Crippen LogP contribution is -2.43. The van der Waals surface area contributed by atoms with Crippen LogP contribution in [0, 0.1) is 5.92 Å². The van der Waals surface area contributed by atoms with E-state index in [0.29, 0.717) is 5.88 Å². The Morgan fingerprint density at radius 2 is 2.05 bits per heavy atom. The monoisotopic (exact) mass is 356 g/mol. The van der Waals surface area contributed by atoms with Gasteiger partial charge in [0.2, 0.25) is 11.8 Å². The number of nitrogens with one attached hydrogen (secondary N) is 1. The third-order valence-electron chi connectivity index (χ3n) is 3.71. The zero-order valence-corrected chi connectivity index (χ0v) is 14.9. The van der Waals surface area contributed by atoms with Crippen LogP contribution in [0.15, 0.2) is 10.7 Å². The minimum absolute atomic E-state index is 0.194. The molecular weight excluding hydrogens is 332 g/mol. The number of methoxy groups -OCH3 is 1. The van der Waals surface area contributed by atoms with Gasteiger partial charge in [0.15, 0.2) is 0 Å². The normalized spacial score (nSPS) is 17.1. The number of ether oxygens (including phenoxy) is 1. The third-order valence-corrected chi connectivity index (χ3v) is 4.25. The number of rotatable bonds is 4. The van der Waals surface area contributed by atoms with Crippen molar-refractivity contribution in [2.45, 2.75) is 39.2 Å². The molecule has 1 saturated heterocycles. The predicted molar refractivity (Wildman–Crippen MR) is 89.0 cm³/mol. The number of halogens is 1. The maximum atomic E-state index is 5.24. The fourth-order valence-corrected chi connectivity index (χ4v) is 2.78. The summed E-state index contributed by atoms with van der Waals surface area (Å²) in [7, 11) is 1.63. The molecule has 2 rings (SSSR count). The first kappa shape index (κ1) is 16.5. The summed E-state index contributed by atoms with van der Waals surface area (Å²) in [5.74, 6) is 2.09. The van der Waals surface area contributed by atoms with Crippen LogP contribution < -0.4 is 15.0 Å². The van der Waals surface area contributed by atoms with Crippen LogP contribution in [-0.4, -0.2) is 42.3 Å². The molecular formula is C15H25BrN4O. The van der Waals surface area contributed by atoms with Gasteiger partial charge in [0.05, 0.1) is 17.8 Å². The van der Waals surface area contributed by atoms with Crippen molar-refractivity contribution in [3.8, 4) is 5.88 Å². The summed E-state index contributed by atoms with van der Waals surface area (Å²) in [6.45, 7) is 9.72. The van der Waals surface area contributed by atoms with Crippen LogP contribution in [0.5, 0.6) is 5.88 Å². The van der Waals surface area contributed by atoms with Crippen molar-refractivity contribution in [1.29, 1.82) is 0 Å². The Bertz CT molecular complexity index is 467. The summed E-state index contributed by atoms with van der Waals surface area (Å²) in [5, 5.41) is 3.60. The topological polar surface area (TPSA) is 50.3 Å². The van der Waals surface area contributed by atoms with E-state index in [1.165, 1.54) is 12.8 Å². The van der Waals surface area contributed by atoms with Crippen LogP contribution in [0.4, 0.5) is 5.95 Å². The first-order chi connectivity index (χ1) is 9.89. The number of hydrogen-bond acceptors (Lipinski definition) is 5. The maximum Gasteiger partial charge on any atom is 0.232 e. The first-order valence-corrected chi connectivity index (χ1v) is 8.25. The van der Waals surface area contributed by atoms with Gasteiger partial charge in [0.1, 0.15) is 0 Å². The second kappa shape index (κ2) is 6.92. The molecule has 0 amide bonds. The molecule has 0 saturated carbocycles. The van der Waals surface area contributed by atoms with E-state index in [9.17, 15) is 0 Å². The molecule has 1 fully saturated rings. The second-order valence-electron chi connectivity index (χ2n) is 6.59. The van der Waals surface area contributed by atoms with E-state index in [-0.39, 0.29) is 5.54 Å². The van der Waals surface area contributed by atoms with Crippen molar-refractivity contribution >= 4 is 21.9 Å². The molecule has 1 N–H and O–H groups in total. The van der Waals surface area contributed by atoms with Crippen LogP contribution in [0.1, 0.15) is 33.6 Å². The van der Waals surface area contributed by atoms with Crippen molar-refractivity contribution in [3.05, 3.63) is 10.7 Å². The molecule has 0 aromatic carbocycles. The fourth-order valence-electron chi connectivity index (χ4n) is 2.43. The summed E-state index contributed by atoms with van der Waals surface area (Å²) in [6.07, 6.45) is 4.10. The van der Waals surface area contributed by atoms with Crippen LogP contribution in [0.3, 0.4) is 0 Å². The molecule has 21 heavy (non-hydrogen) atoms. The number of nitrogens with zero attached hydrogens (tertiary/aromatic N) is 3. The summed E-state index contributed by atoms with van der Waals surface area (Å²) < 4.78 is 6.03. The Balaban J connectivity index is 1.89. The average molecular weight is 357 g/mol. The molecule has 1 aromatic rings. The molecule has 0 bridgehead atoms. The molecule has 6 heteroatoms. The molecule has 1 aliphatic rings. The standard InChI is InChI=1S/C15H25BrN4O/c1-15(2,3)18-9-11-5-7-20(8-6-11)14-17-10-12(16)13(19-14)21-4/h10-11,18H,5-9H2,1-4H3. The third kappa shape index (κ3) is 4.81. The van der Waals surface area contributed by atoms with Crippen LogP contribution in [0.2, 0.25) is 0 Å². The van der Waals surface area contributed by atoms with Gasteiger partial charge in [-0.15, -0.1) is 0 Å². The molecule has 1 aliphatic heterocycles. The summed E-state index contributed by atoms with van der Waals surface area (Å²) in [5.41, 5.74) is 0.194. The maximum absolute atomic E-state index is 5.24. The lowest BCUT2D eigenvalue weighted by molar-refractivity contribution is 0.327. The van der Waals surface area contributed by atoms with E-state index >= 15 is 0 Å². The van der Waals surface area contributed by atoms with Crippen LogP contribution >= 0.6 is 15.9 Å². The van der Waals surface area contributed by atoms with Gasteiger partial charge in [-0.05, 0) is 62.0 Å². The van der Waals surface area contributed by atoms with Crippen molar-refractivity contribution in [1.82, 2.24) is 15.3 Å². The molecule has 0 aliphatic carbocycles. The second-order valence-corrected chi connectivity index (χ2v) is 7.44. The van der Waals surface area contributed by atoms with Gasteiger partial charge in [-0.1, -0.05) is 0 Å². The van der Waals surface area contributed by atoms with E-state index < -0.39 is 0 Å². The molecule has 0 spiro atoms. The minimum Gasteiger partial charge on any atom is -0.480 e. The highest BCUT2D eigenvalue weighted by Crippen LogP contribution is 2.26. The Labute approximate surface area is 135 Å². The SMILES string of the molecule is COc1nc(N2CCC(CNC(C)(C)C)CC2)ncc1Br. The zero-order chi connectivity index (χ0) is 15.5. The molecule has 0 atom stereocenters. The summed E-state index contributed by atoms with van der Waals surface area (Å²) >= 11 is 3.39. The van der Waals surface area contributed by atoms with Gasteiger partial charge in [0.25, 0.3) is 0 Å². The highest BCUT2D eigenvalue weighted by atomic mass is 79.9. The van der Waals surface area contributed by atoms with Gasteiger partial charge in [-0.2, -0.15) is 4.98 Å². The van der Waals surface area contributed by atoms with E-state index in [1.54, 1.807) is 13.3 Å². The molecule has 0 unspecified atom stereocenters. The Hall–Kier alpha value is -0.880. The first-order valence-electron chi connectivity index (χ1n) is 7.45. The van der Waals surface area contributed by atoms with Crippen molar-refractivity contribution in [2.75, 3.05) is 31.6 Å². The highest BCUT2D eigenvalue weighted by Gasteiger charge is 2.22. The van der Waals surface area contributed by atoms with Gasteiger partial charge in [-0.3, -0.25) is 0 Å². The Kier molecular flexibility index (Phi) is 5.43. The van der Waals surface area contributed by atoms with Gasteiger partial charge in [0, 0.05) is 18.6 Å². The van der Waals surface area contributed by atoms with E-state index in [1.807, 2.05) is 0 Å². The Morgan fingerprint density at radius 1 is 1.38 bits per heavy atom. The molecule has 1 aromatic heterocycles. The molecule has 5 nitrogen and oxygen atoms in total. The van der Waals surface area contributed by atoms with E-state index in [4.69, 9.17) is 4.74 Å². The summed E-state index contributed by atoms with van der Waals surface area (Å²) in [4.78, 5) is 11.1. The summed E-state index contributed by atoms with van der Waals surface area (Å²) in [6, 6.07) is 0. The van der Waals surface area contributed by atoms with E-state index in [0.717, 1.165) is 36.0 Å². The quantitative estimate of drug-likeness (QED) is 0.898. The van der Waals surface area contributed by atoms with Crippen molar-refractivity contribution in [2.24, 2.45) is 5.92 Å². The fraction of sp³-hybridized carbons (Fsp3) is 0.733. The van der Waals surface area contributed by atoms with Gasteiger partial charge < -0.3 is 15.0 Å². The van der Waals surface area contributed by atoms with Crippen molar-refractivity contribution in [3.63, 3.8) is 0 Å². The minimum atomic E-state index is 0.194. The smallest absolute Gasteiger partial charge is 0.232 e. The number of hydrogen-bond donors (Lipinski definition) is 1.